The Balaban J connectivity index is 1.75. The van der Waals surface area contributed by atoms with Crippen molar-refractivity contribution < 1.29 is 38.1 Å². The summed E-state index contributed by atoms with van der Waals surface area (Å²) in [5, 5.41) is 0. The molecule has 4 rings (SSSR count). The predicted octanol–water partition coefficient (Wildman–Crippen LogP) is 4.47. The third kappa shape index (κ3) is 4.78. The predicted molar refractivity (Wildman–Crippen MR) is 134 cm³/mol. The van der Waals surface area contributed by atoms with Gasteiger partial charge < -0.3 is 18.9 Å². The minimum absolute atomic E-state index is 0.00143. The lowest BCUT2D eigenvalue weighted by Crippen LogP contribution is -2.63. The molecule has 0 amide bonds. The molecule has 37 heavy (non-hydrogen) atoms. The van der Waals surface area contributed by atoms with Gasteiger partial charge in [0.25, 0.3) is 0 Å². The van der Waals surface area contributed by atoms with Gasteiger partial charge in [0.2, 0.25) is 0 Å². The molecule has 0 aromatic carbocycles. The van der Waals surface area contributed by atoms with Crippen LogP contribution in [0.5, 0.6) is 0 Å². The van der Waals surface area contributed by atoms with Crippen molar-refractivity contribution in [3.05, 3.63) is 0 Å². The van der Waals surface area contributed by atoms with E-state index in [1.807, 2.05) is 6.92 Å². The number of fused-ring (bicyclic) bond motifs is 5. The van der Waals surface area contributed by atoms with Crippen molar-refractivity contribution in [2.75, 3.05) is 7.11 Å². The molecule has 4 saturated carbocycles. The van der Waals surface area contributed by atoms with Crippen molar-refractivity contribution in [3.63, 3.8) is 0 Å². The first-order valence-electron chi connectivity index (χ1n) is 13.9. The summed E-state index contributed by atoms with van der Waals surface area (Å²) in [6.07, 6.45) is 4.86. The summed E-state index contributed by atoms with van der Waals surface area (Å²) in [5.41, 5.74) is -0.485. The number of ether oxygens (including phenoxy) is 4. The van der Waals surface area contributed by atoms with Gasteiger partial charge in [0.05, 0.1) is 13.0 Å². The van der Waals surface area contributed by atoms with Crippen LogP contribution in [-0.4, -0.2) is 49.3 Å². The fourth-order valence-corrected chi connectivity index (χ4v) is 9.36. The number of hydrogen-bond acceptors (Lipinski definition) is 8. The van der Waals surface area contributed by atoms with Crippen LogP contribution in [0.15, 0.2) is 0 Å². The van der Waals surface area contributed by atoms with Gasteiger partial charge >= 0.3 is 23.9 Å². The maximum absolute atomic E-state index is 12.6. The Kier molecular flexibility index (Phi) is 7.70. The summed E-state index contributed by atoms with van der Waals surface area (Å²) >= 11 is 0. The standard InChI is InChI=1S/C29H44O8/c1-15(27(33)34-7)21-8-9-22-26-23(14-25(29(21,22)6)37-18(4)32)28(5)11-10-20(35-16(2)30)12-19(28)13-24(26)36-17(3)31/h15,19-26H,8-14H2,1-7H3. The van der Waals surface area contributed by atoms with Gasteiger partial charge in [-0.1, -0.05) is 20.8 Å². The van der Waals surface area contributed by atoms with E-state index in [-0.39, 0.29) is 83.1 Å². The highest BCUT2D eigenvalue weighted by atomic mass is 16.6. The average molecular weight is 521 g/mol. The smallest absolute Gasteiger partial charge is 0.308 e. The number of esters is 4. The summed E-state index contributed by atoms with van der Waals surface area (Å²) in [5.74, 6) is -0.776. The molecule has 0 aromatic heterocycles. The molecule has 0 N–H and O–H groups in total. The molecule has 4 aliphatic carbocycles. The van der Waals surface area contributed by atoms with Crippen LogP contribution in [0.3, 0.4) is 0 Å². The topological polar surface area (TPSA) is 105 Å². The fraction of sp³-hybridized carbons (Fsp3) is 0.862. The second kappa shape index (κ2) is 10.2. The Morgan fingerprint density at radius 1 is 0.811 bits per heavy atom. The molecular formula is C29H44O8. The zero-order valence-electron chi connectivity index (χ0n) is 23.4. The normalized spacial score (nSPS) is 43.3. The van der Waals surface area contributed by atoms with Crippen LogP contribution in [0.1, 0.15) is 86.5 Å². The number of carbonyl (C=O) groups excluding carboxylic acids is 4. The van der Waals surface area contributed by atoms with Crippen LogP contribution in [0.4, 0.5) is 0 Å². The van der Waals surface area contributed by atoms with Crippen molar-refractivity contribution in [2.24, 2.45) is 46.3 Å². The second-order valence-corrected chi connectivity index (χ2v) is 12.6. The maximum Gasteiger partial charge on any atom is 0.308 e. The molecule has 8 nitrogen and oxygen atoms in total. The minimum Gasteiger partial charge on any atom is -0.469 e. The third-order valence-electron chi connectivity index (χ3n) is 10.9. The van der Waals surface area contributed by atoms with Gasteiger partial charge in [-0.15, -0.1) is 0 Å². The summed E-state index contributed by atoms with van der Waals surface area (Å²) < 4.78 is 22.9. The Morgan fingerprint density at radius 2 is 1.46 bits per heavy atom. The first kappa shape index (κ1) is 27.9. The highest BCUT2D eigenvalue weighted by molar-refractivity contribution is 5.72. The first-order chi connectivity index (χ1) is 17.3. The van der Waals surface area contributed by atoms with Gasteiger partial charge in [0, 0.05) is 32.1 Å². The van der Waals surface area contributed by atoms with Crippen molar-refractivity contribution in [1.29, 1.82) is 0 Å². The Hall–Kier alpha value is -2.12. The van der Waals surface area contributed by atoms with Crippen LogP contribution >= 0.6 is 0 Å². The molecule has 8 heteroatoms. The van der Waals surface area contributed by atoms with Gasteiger partial charge in [-0.3, -0.25) is 19.2 Å². The lowest BCUT2D eigenvalue weighted by atomic mass is 9.43. The fourth-order valence-electron chi connectivity index (χ4n) is 9.36. The minimum atomic E-state index is -0.434. The van der Waals surface area contributed by atoms with E-state index in [9.17, 15) is 19.2 Å². The van der Waals surface area contributed by atoms with E-state index in [4.69, 9.17) is 18.9 Å². The van der Waals surface area contributed by atoms with Crippen molar-refractivity contribution in [3.8, 4) is 0 Å². The first-order valence-corrected chi connectivity index (χ1v) is 13.9. The molecule has 0 heterocycles. The van der Waals surface area contributed by atoms with Crippen LogP contribution < -0.4 is 0 Å². The van der Waals surface area contributed by atoms with Crippen LogP contribution in [0.25, 0.3) is 0 Å². The molecule has 11 atom stereocenters. The Labute approximate surface area is 220 Å². The van der Waals surface area contributed by atoms with Crippen molar-refractivity contribution >= 4 is 23.9 Å². The highest BCUT2D eigenvalue weighted by Gasteiger charge is 2.68. The summed E-state index contributed by atoms with van der Waals surface area (Å²) in [6.45, 7) is 10.8. The lowest BCUT2D eigenvalue weighted by Gasteiger charge is -2.64. The molecule has 0 bridgehead atoms. The van der Waals surface area contributed by atoms with E-state index >= 15 is 0 Å². The lowest BCUT2D eigenvalue weighted by molar-refractivity contribution is -0.224. The van der Waals surface area contributed by atoms with Crippen LogP contribution in [-0.2, 0) is 38.1 Å². The molecule has 208 valence electrons. The molecule has 4 aliphatic rings. The number of rotatable bonds is 5. The summed E-state index contributed by atoms with van der Waals surface area (Å²) in [4.78, 5) is 49.0. The second-order valence-electron chi connectivity index (χ2n) is 12.6. The zero-order chi connectivity index (χ0) is 27.3. The Bertz CT molecular complexity index is 931. The number of carbonyl (C=O) groups is 4. The SMILES string of the molecule is COC(=O)C(C)C1CCC2C3C(OC(C)=O)CC4CC(OC(C)=O)CCC4(C)C3CC(OC(C)=O)C12C. The monoisotopic (exact) mass is 520 g/mol. The molecule has 0 saturated heterocycles. The van der Waals surface area contributed by atoms with E-state index in [1.165, 1.54) is 27.9 Å². The van der Waals surface area contributed by atoms with Crippen molar-refractivity contribution in [1.82, 2.24) is 0 Å². The van der Waals surface area contributed by atoms with Gasteiger partial charge in [0.1, 0.15) is 18.3 Å². The van der Waals surface area contributed by atoms with Gasteiger partial charge in [-0.25, -0.2) is 0 Å². The molecule has 4 fully saturated rings. The van der Waals surface area contributed by atoms with Crippen LogP contribution in [0, 0.1) is 46.3 Å². The van der Waals surface area contributed by atoms with Gasteiger partial charge in [-0.2, -0.15) is 0 Å². The van der Waals surface area contributed by atoms with Crippen LogP contribution in [0.2, 0.25) is 0 Å². The highest BCUT2D eigenvalue weighted by Crippen LogP contribution is 2.69. The Morgan fingerprint density at radius 3 is 2.05 bits per heavy atom. The molecule has 0 aromatic rings. The molecule has 11 unspecified atom stereocenters. The average Bonchev–Trinajstić information content (AvgIpc) is 3.16. The van der Waals surface area contributed by atoms with E-state index in [0.717, 1.165) is 38.5 Å². The largest absolute Gasteiger partial charge is 0.469 e. The van der Waals surface area contributed by atoms with Crippen molar-refractivity contribution in [2.45, 2.75) is 105 Å². The zero-order valence-corrected chi connectivity index (χ0v) is 23.4. The van der Waals surface area contributed by atoms with E-state index in [1.54, 1.807) is 0 Å². The third-order valence-corrected chi connectivity index (χ3v) is 10.9. The molecular weight excluding hydrogens is 476 g/mol. The van der Waals surface area contributed by atoms with Gasteiger partial charge in [-0.05, 0) is 74.0 Å². The van der Waals surface area contributed by atoms with E-state index < -0.39 is 5.41 Å². The number of methoxy groups -OCH3 is 1. The summed E-state index contributed by atoms with van der Waals surface area (Å²) in [6, 6.07) is 0. The number of hydrogen-bond donors (Lipinski definition) is 0. The van der Waals surface area contributed by atoms with E-state index in [0.29, 0.717) is 6.42 Å². The molecule has 0 spiro atoms. The quantitative estimate of drug-likeness (QED) is 0.386. The van der Waals surface area contributed by atoms with Gasteiger partial charge in [0.15, 0.2) is 0 Å². The van der Waals surface area contributed by atoms with E-state index in [2.05, 4.69) is 13.8 Å². The maximum atomic E-state index is 12.6. The molecule has 0 radical (unpaired) electrons. The molecule has 0 aliphatic heterocycles. The summed E-state index contributed by atoms with van der Waals surface area (Å²) in [7, 11) is 1.42.